The van der Waals surface area contributed by atoms with E-state index < -0.39 is 6.36 Å². The third kappa shape index (κ3) is 28.5. The van der Waals surface area contributed by atoms with Gasteiger partial charge in [0.25, 0.3) is 0 Å². The Labute approximate surface area is 819 Å². The van der Waals surface area contributed by atoms with Gasteiger partial charge in [-0.2, -0.15) is 5.10 Å². The maximum atomic E-state index is 12.8. The van der Waals surface area contributed by atoms with Crippen molar-refractivity contribution in [1.82, 2.24) is 54.8 Å². The Morgan fingerprint density at radius 2 is 0.779 bits per heavy atom. The molecule has 0 amide bonds. The van der Waals surface area contributed by atoms with Gasteiger partial charge in [0.1, 0.15) is 40.6 Å². The largest absolute Gasteiger partial charge is 0.573 e. The lowest BCUT2D eigenvalue weighted by Gasteiger charge is -2.25. The number of ether oxygens (including phenoxy) is 1. The van der Waals surface area contributed by atoms with Crippen LogP contribution in [-0.2, 0) is 66.6 Å². The van der Waals surface area contributed by atoms with Gasteiger partial charge < -0.3 is 79.7 Å². The number of alkyl halides is 3. The molecule has 0 bridgehead atoms. The highest BCUT2D eigenvalue weighted by atomic mass is 19.4. The SMILES string of the molecule is CC(=O)CC(NCC1CCCCC1)c1ccc2c(c1)nc(-c1ccc(N(CCO)CCO)cc1)n2CCc1ccc(CO)cc1.CC(=O)CC(NCc1ccc2[nH]ncc2c1)c1ccc2c(c1)nc(-c1ccc(N(CCO)CCO)cc1)n2Cc1ccc(OC(F)(F)F)cc1.CCCN(CCC)c1ccc(-c2nc3cc(C(CC(C)=O)NCC4CCCCC4)ccc3n2CCc2ccc(CO)cc2)cc1. The molecule has 3 atom stereocenters. The molecule has 0 spiro atoms. The van der Waals surface area contributed by atoms with Gasteiger partial charge in [-0.05, 0) is 281 Å². The van der Waals surface area contributed by atoms with Crippen LogP contribution in [-0.4, -0.2) is 172 Å². The van der Waals surface area contributed by atoms with Gasteiger partial charge in [-0.15, -0.1) is 13.2 Å². The number of aryl methyl sites for hydroxylation is 4. The van der Waals surface area contributed by atoms with Crippen molar-refractivity contribution in [2.24, 2.45) is 11.8 Å². The number of imidazole rings is 3. The maximum absolute atomic E-state index is 12.8. The van der Waals surface area contributed by atoms with E-state index in [1.165, 1.54) is 93.2 Å². The van der Waals surface area contributed by atoms with Crippen molar-refractivity contribution in [3.8, 4) is 39.9 Å². The smallest absolute Gasteiger partial charge is 0.406 e. The first-order valence-corrected chi connectivity index (χ1v) is 49.9. The molecule has 2 aliphatic rings. The number of nitrogens with one attached hydrogen (secondary N) is 4. The molecule has 3 unspecified atom stereocenters. The van der Waals surface area contributed by atoms with Gasteiger partial charge in [0.05, 0.1) is 84.5 Å². The maximum Gasteiger partial charge on any atom is 0.573 e. The van der Waals surface area contributed by atoms with Crippen molar-refractivity contribution in [3.05, 3.63) is 275 Å². The number of Topliss-reactive ketones (excluding diaryl/α,β-unsaturated/α-hetero) is 3. The van der Waals surface area contributed by atoms with E-state index in [9.17, 15) is 58.2 Å². The van der Waals surface area contributed by atoms with Gasteiger partial charge in [0.15, 0.2) is 0 Å². The zero-order chi connectivity index (χ0) is 98.4. The monoisotopic (exact) mass is 1910 g/mol. The lowest BCUT2D eigenvalue weighted by Crippen LogP contribution is -2.29. The van der Waals surface area contributed by atoms with Crippen LogP contribution in [0, 0.1) is 11.8 Å². The molecule has 2 aliphatic carbocycles. The highest BCUT2D eigenvalue weighted by Crippen LogP contribution is 2.38. The van der Waals surface area contributed by atoms with Gasteiger partial charge in [-0.1, -0.05) is 137 Å². The first-order valence-electron chi connectivity index (χ1n) is 49.9. The van der Waals surface area contributed by atoms with Crippen molar-refractivity contribution < 1.29 is 62.9 Å². The molecule has 24 nitrogen and oxygen atoms in total. The summed E-state index contributed by atoms with van der Waals surface area (Å²) in [6, 6.07) is 71.3. The van der Waals surface area contributed by atoms with E-state index in [0.717, 1.165) is 182 Å². The van der Waals surface area contributed by atoms with Crippen LogP contribution in [0.1, 0.15) is 199 Å². The summed E-state index contributed by atoms with van der Waals surface area (Å²) in [5, 5.41) is 76.0. The molecule has 140 heavy (non-hydrogen) atoms. The quantitative estimate of drug-likeness (QED) is 0.0169. The van der Waals surface area contributed by atoms with Gasteiger partial charge in [-0.3, -0.25) is 19.5 Å². The van der Waals surface area contributed by atoms with E-state index in [2.05, 4.69) is 156 Å². The number of aromatic amines is 1. The molecular formula is C113H137F3N14O10. The number of benzene rings is 10. The summed E-state index contributed by atoms with van der Waals surface area (Å²) in [6.07, 6.45) is 15.1. The van der Waals surface area contributed by atoms with Crippen molar-refractivity contribution in [2.75, 3.05) is 93.5 Å². The molecule has 4 heterocycles. The molecule has 4 aromatic heterocycles. The third-order valence-electron chi connectivity index (χ3n) is 26.9. The number of anilines is 3. The normalized spacial score (nSPS) is 13.8. The lowest BCUT2D eigenvalue weighted by atomic mass is 9.89. The summed E-state index contributed by atoms with van der Waals surface area (Å²) in [5.74, 6) is 3.95. The summed E-state index contributed by atoms with van der Waals surface area (Å²) in [5.41, 5.74) is 21.5. The second kappa shape index (κ2) is 51.2. The fourth-order valence-electron chi connectivity index (χ4n) is 19.6. The third-order valence-corrected chi connectivity index (χ3v) is 26.9. The Bertz CT molecular complexity index is 6020. The molecule has 0 radical (unpaired) electrons. The number of aliphatic hydroxyl groups excluding tert-OH is 6. The van der Waals surface area contributed by atoms with Gasteiger partial charge in [-0.25, -0.2) is 15.0 Å². The second-order valence-corrected chi connectivity index (χ2v) is 37.5. The standard InChI is InChI=1S/C39H52N4O2.C37H37F3N6O4.C37H48N4O4/c1-4-22-42(23-5-2)35-18-15-33(16-19-35)39-41-37-26-34(36(25-29(3)45)40-27-31-9-7-6-8-10-31)17-20-38(37)43(39)24-21-30-11-13-32(28-44)14-12-30;1-24(49)18-33(41-21-26-4-12-32-29(19-26)22-42-44-32)28-7-13-35-34(20-28)43-36(27-5-8-30(9-6-27)45(14-16-47)15-17-48)46(35)23-25-2-10-31(11-3-25)50-37(38,39)40;1-27(45)23-34(38-25-29-5-3-2-4-6-29)32-13-16-36-35(24-32)39-37(41(36)18-17-28-7-9-30(26-44)10-8-28)31-11-14-33(15-12-31)40(19-21-42)20-22-43/h11-20,26,31,36,40,44H,4-10,21-25,27-28H2,1-3H3;2-13,19-20,22,33,41,47-48H,14-18,21,23H2,1H3,(H,42,44);7-16,24,29,34,38,42-44H,2-6,17-23,25-26H2,1H3. The van der Waals surface area contributed by atoms with Gasteiger partial charge >= 0.3 is 6.36 Å². The van der Waals surface area contributed by atoms with Gasteiger partial charge in [0.2, 0.25) is 0 Å². The fourth-order valence-corrected chi connectivity index (χ4v) is 19.6. The number of fused-ring (bicyclic) bond motifs is 4. The van der Waals surface area contributed by atoms with E-state index >= 15 is 0 Å². The van der Waals surface area contributed by atoms with E-state index in [1.54, 1.807) is 39.1 Å². The van der Waals surface area contributed by atoms with Crippen LogP contribution in [0.3, 0.4) is 0 Å². The number of hydrogen-bond acceptors (Lipinski definition) is 20. The number of nitrogens with zero attached hydrogens (tertiary/aromatic N) is 10. The molecule has 10 N–H and O–H groups in total. The number of H-pyrrole nitrogens is 1. The fraction of sp³-hybridized carbons (Fsp3) is 0.407. The Morgan fingerprint density at radius 3 is 1.15 bits per heavy atom. The number of ketones is 3. The topological polar surface area (TPSA) is 310 Å². The summed E-state index contributed by atoms with van der Waals surface area (Å²) in [4.78, 5) is 58.7. The van der Waals surface area contributed by atoms with E-state index in [4.69, 9.17) is 15.0 Å². The Balaban J connectivity index is 0.000000168. The van der Waals surface area contributed by atoms with Gasteiger partial charge in [0, 0.05) is 142 Å². The molecule has 16 rings (SSSR count). The number of halogens is 3. The van der Waals surface area contributed by atoms with Crippen LogP contribution in [0.15, 0.2) is 225 Å². The highest BCUT2D eigenvalue weighted by Gasteiger charge is 2.32. The molecule has 2 fully saturated rings. The molecule has 14 aromatic rings. The minimum atomic E-state index is -4.79. The number of carbonyl (C=O) groups is 3. The Kier molecular flexibility index (Phi) is 37.9. The molecule has 10 aromatic carbocycles. The molecule has 0 saturated heterocycles. The highest BCUT2D eigenvalue weighted by molar-refractivity contribution is 5.86. The molecule has 740 valence electrons. The van der Waals surface area contributed by atoms with E-state index in [0.29, 0.717) is 75.3 Å². The predicted molar refractivity (Wildman–Crippen MR) is 552 cm³/mol. The second-order valence-electron chi connectivity index (χ2n) is 37.5. The van der Waals surface area contributed by atoms with Crippen LogP contribution in [0.4, 0.5) is 30.2 Å². The van der Waals surface area contributed by atoms with E-state index in [-0.39, 0.29) is 87.3 Å². The summed E-state index contributed by atoms with van der Waals surface area (Å²) >= 11 is 0. The number of aromatic nitrogens is 8. The summed E-state index contributed by atoms with van der Waals surface area (Å²) in [6.45, 7) is 17.4. The first-order chi connectivity index (χ1) is 68.1. The first kappa shape index (κ1) is 104. The molecule has 0 aliphatic heterocycles. The van der Waals surface area contributed by atoms with Crippen LogP contribution >= 0.6 is 0 Å². The van der Waals surface area contributed by atoms with Crippen LogP contribution in [0.2, 0.25) is 0 Å². The van der Waals surface area contributed by atoms with E-state index in [1.807, 2.05) is 111 Å². The average molecular weight is 1910 g/mol. The van der Waals surface area contributed by atoms with Crippen molar-refractivity contribution >= 4 is 78.4 Å². The summed E-state index contributed by atoms with van der Waals surface area (Å²) in [7, 11) is 0. The van der Waals surface area contributed by atoms with Crippen LogP contribution in [0.5, 0.6) is 5.75 Å². The predicted octanol–water partition coefficient (Wildman–Crippen LogP) is 19.8. The molecule has 2 saturated carbocycles. The summed E-state index contributed by atoms with van der Waals surface area (Å²) < 4.78 is 49.0. The minimum Gasteiger partial charge on any atom is -0.406 e. The number of carbonyl (C=O) groups excluding carboxylic acids is 3. The molecule has 27 heteroatoms. The van der Waals surface area contributed by atoms with Crippen LogP contribution < -0.4 is 35.4 Å². The Hall–Kier alpha value is -12.3. The van der Waals surface area contributed by atoms with Crippen LogP contribution in [0.25, 0.3) is 78.2 Å². The van der Waals surface area contributed by atoms with Crippen molar-refractivity contribution in [1.29, 1.82) is 0 Å². The lowest BCUT2D eigenvalue weighted by molar-refractivity contribution is -0.274. The van der Waals surface area contributed by atoms with Crippen molar-refractivity contribution in [3.63, 3.8) is 0 Å². The zero-order valence-corrected chi connectivity index (χ0v) is 81.4. The average Bonchev–Trinajstić information content (AvgIpc) is 1.63. The van der Waals surface area contributed by atoms with Crippen molar-refractivity contribution in [2.45, 2.75) is 208 Å². The number of hydrogen-bond donors (Lipinski definition) is 10. The minimum absolute atomic E-state index is 0.00476. The zero-order valence-electron chi connectivity index (χ0n) is 81.4. The Morgan fingerprint density at radius 1 is 0.421 bits per heavy atom. The number of rotatable bonds is 47. The number of aliphatic hydroxyl groups is 6. The molecular weight excluding hydrogens is 1770 g/mol.